The predicted octanol–water partition coefficient (Wildman–Crippen LogP) is 4.97. The molecule has 1 aliphatic rings. The van der Waals surface area contributed by atoms with Gasteiger partial charge in [0.1, 0.15) is 13.2 Å². The molecule has 0 aliphatic carbocycles. The third-order valence-electron chi connectivity index (χ3n) is 5.50. The fourth-order valence-corrected chi connectivity index (χ4v) is 3.69. The van der Waals surface area contributed by atoms with E-state index in [1.165, 1.54) is 0 Å². The predicted molar refractivity (Wildman–Crippen MR) is 123 cm³/mol. The van der Waals surface area contributed by atoms with Gasteiger partial charge in [-0.1, -0.05) is 23.8 Å². The maximum Gasteiger partial charge on any atom is 0.251 e. The minimum atomic E-state index is -0.194. The molecule has 1 aromatic heterocycles. The van der Waals surface area contributed by atoms with E-state index in [1.807, 2.05) is 56.3 Å². The molecule has 7 heteroatoms. The molecule has 0 spiro atoms. The van der Waals surface area contributed by atoms with Crippen molar-refractivity contribution in [2.24, 2.45) is 0 Å². The van der Waals surface area contributed by atoms with Crippen molar-refractivity contribution < 1.29 is 18.7 Å². The Labute approximate surface area is 191 Å². The van der Waals surface area contributed by atoms with E-state index >= 15 is 0 Å². The summed E-state index contributed by atoms with van der Waals surface area (Å²) in [4.78, 5) is 12.8. The Morgan fingerprint density at radius 1 is 0.879 bits per heavy atom. The van der Waals surface area contributed by atoms with E-state index in [1.54, 1.807) is 24.3 Å². The van der Waals surface area contributed by atoms with E-state index in [0.717, 1.165) is 28.0 Å². The van der Waals surface area contributed by atoms with Crippen molar-refractivity contribution in [2.75, 3.05) is 13.2 Å². The first-order valence-corrected chi connectivity index (χ1v) is 10.8. The van der Waals surface area contributed by atoms with E-state index in [9.17, 15) is 4.79 Å². The van der Waals surface area contributed by atoms with Gasteiger partial charge in [0.25, 0.3) is 5.91 Å². The second-order valence-corrected chi connectivity index (χ2v) is 7.96. The smallest absolute Gasteiger partial charge is 0.251 e. The van der Waals surface area contributed by atoms with Crippen LogP contribution in [0.15, 0.2) is 71.1 Å². The summed E-state index contributed by atoms with van der Waals surface area (Å²) in [6, 6.07) is 20.5. The number of hydrogen-bond donors (Lipinski definition) is 1. The Hall–Kier alpha value is -4.13. The van der Waals surface area contributed by atoms with Crippen LogP contribution in [0.3, 0.4) is 0 Å². The molecule has 0 bridgehead atoms. The van der Waals surface area contributed by atoms with Crippen LogP contribution in [0.2, 0.25) is 0 Å². The van der Waals surface area contributed by atoms with Gasteiger partial charge in [0.2, 0.25) is 11.8 Å². The zero-order valence-corrected chi connectivity index (χ0v) is 18.4. The van der Waals surface area contributed by atoms with Gasteiger partial charge in [-0.2, -0.15) is 0 Å². The first-order valence-electron chi connectivity index (χ1n) is 10.8. The van der Waals surface area contributed by atoms with Crippen molar-refractivity contribution in [3.63, 3.8) is 0 Å². The van der Waals surface area contributed by atoms with Crippen molar-refractivity contribution in [3.05, 3.63) is 83.4 Å². The summed E-state index contributed by atoms with van der Waals surface area (Å²) in [7, 11) is 0. The van der Waals surface area contributed by atoms with E-state index in [2.05, 4.69) is 15.5 Å². The lowest BCUT2D eigenvalue weighted by atomic mass is 10.1. The number of nitrogens with one attached hydrogen (secondary N) is 1. The van der Waals surface area contributed by atoms with Crippen LogP contribution in [0.4, 0.5) is 0 Å². The lowest BCUT2D eigenvalue weighted by molar-refractivity contribution is 0.0939. The molecule has 0 fully saturated rings. The number of nitrogens with zero attached hydrogens (tertiary/aromatic N) is 2. The molecular weight excluding hydrogens is 418 g/mol. The van der Waals surface area contributed by atoms with Crippen LogP contribution >= 0.6 is 0 Å². The van der Waals surface area contributed by atoms with Crippen molar-refractivity contribution >= 4 is 5.91 Å². The first-order chi connectivity index (χ1) is 16.1. The molecule has 0 radical (unpaired) electrons. The fourth-order valence-electron chi connectivity index (χ4n) is 3.69. The Kier molecular flexibility index (Phi) is 5.52. The highest BCUT2D eigenvalue weighted by Crippen LogP contribution is 2.32. The third kappa shape index (κ3) is 4.43. The van der Waals surface area contributed by atoms with Crippen LogP contribution in [0, 0.1) is 6.92 Å². The largest absolute Gasteiger partial charge is 0.486 e. The van der Waals surface area contributed by atoms with Crippen molar-refractivity contribution in [1.82, 2.24) is 15.5 Å². The van der Waals surface area contributed by atoms with Crippen molar-refractivity contribution in [3.8, 4) is 34.4 Å². The summed E-state index contributed by atoms with van der Waals surface area (Å²) in [5.41, 5.74) is 4.23. The van der Waals surface area contributed by atoms with E-state index in [-0.39, 0.29) is 11.9 Å². The average molecular weight is 441 g/mol. The molecule has 1 amide bonds. The molecule has 5 rings (SSSR count). The quantitative estimate of drug-likeness (QED) is 0.470. The lowest BCUT2D eigenvalue weighted by Gasteiger charge is -2.21. The number of carbonyl (C=O) groups is 1. The molecule has 166 valence electrons. The zero-order valence-electron chi connectivity index (χ0n) is 18.4. The van der Waals surface area contributed by atoms with Gasteiger partial charge in [-0.3, -0.25) is 4.79 Å². The van der Waals surface area contributed by atoms with Gasteiger partial charge in [0.15, 0.2) is 11.5 Å². The van der Waals surface area contributed by atoms with Crippen LogP contribution in [0.1, 0.15) is 34.5 Å². The normalized spacial score (nSPS) is 13.4. The van der Waals surface area contributed by atoms with E-state index < -0.39 is 0 Å². The molecule has 7 nitrogen and oxygen atoms in total. The molecule has 1 aliphatic heterocycles. The number of aryl methyl sites for hydroxylation is 1. The molecule has 4 aromatic rings. The molecule has 33 heavy (non-hydrogen) atoms. The number of amides is 1. The average Bonchev–Trinajstić information content (AvgIpc) is 3.34. The third-order valence-corrected chi connectivity index (χ3v) is 5.50. The Balaban J connectivity index is 1.27. The minimum Gasteiger partial charge on any atom is -0.486 e. The maximum atomic E-state index is 12.8. The van der Waals surface area contributed by atoms with Gasteiger partial charge < -0.3 is 19.2 Å². The van der Waals surface area contributed by atoms with Gasteiger partial charge in [0.05, 0.1) is 6.04 Å². The number of aromatic nitrogens is 2. The number of rotatable bonds is 5. The number of carbonyl (C=O) groups excluding carboxylic acids is 1. The lowest BCUT2D eigenvalue weighted by Crippen LogP contribution is -2.26. The highest BCUT2D eigenvalue weighted by molar-refractivity contribution is 5.94. The Morgan fingerprint density at radius 3 is 2.36 bits per heavy atom. The minimum absolute atomic E-state index is 0.171. The van der Waals surface area contributed by atoms with Gasteiger partial charge >= 0.3 is 0 Å². The number of hydrogen-bond acceptors (Lipinski definition) is 6. The monoisotopic (exact) mass is 441 g/mol. The number of ether oxygens (including phenoxy) is 2. The second-order valence-electron chi connectivity index (χ2n) is 7.96. The van der Waals surface area contributed by atoms with E-state index in [0.29, 0.717) is 36.3 Å². The van der Waals surface area contributed by atoms with Crippen LogP contribution in [-0.4, -0.2) is 29.3 Å². The summed E-state index contributed by atoms with van der Waals surface area (Å²) in [5, 5.41) is 11.3. The summed E-state index contributed by atoms with van der Waals surface area (Å²) in [6.07, 6.45) is 0. The summed E-state index contributed by atoms with van der Waals surface area (Å²) in [5.74, 6) is 2.13. The number of fused-ring (bicyclic) bond motifs is 1. The molecule has 1 unspecified atom stereocenters. The number of benzene rings is 3. The van der Waals surface area contributed by atoms with Crippen LogP contribution in [-0.2, 0) is 0 Å². The Morgan fingerprint density at radius 2 is 1.61 bits per heavy atom. The highest BCUT2D eigenvalue weighted by Gasteiger charge is 2.17. The summed E-state index contributed by atoms with van der Waals surface area (Å²) >= 11 is 0. The molecule has 0 saturated carbocycles. The maximum absolute atomic E-state index is 12.8. The molecule has 1 N–H and O–H groups in total. The second kappa shape index (κ2) is 8.78. The van der Waals surface area contributed by atoms with Crippen molar-refractivity contribution in [2.45, 2.75) is 19.9 Å². The zero-order chi connectivity index (χ0) is 22.8. The van der Waals surface area contributed by atoms with Crippen LogP contribution in [0.5, 0.6) is 11.5 Å². The van der Waals surface area contributed by atoms with Gasteiger partial charge in [0, 0.05) is 16.7 Å². The van der Waals surface area contributed by atoms with Crippen LogP contribution in [0.25, 0.3) is 22.9 Å². The fraction of sp³-hybridized carbons (Fsp3) is 0.192. The topological polar surface area (TPSA) is 86.5 Å². The molecule has 2 heterocycles. The Bertz CT molecular complexity index is 1300. The van der Waals surface area contributed by atoms with Gasteiger partial charge in [-0.05, 0) is 67.9 Å². The summed E-state index contributed by atoms with van der Waals surface area (Å²) in [6.45, 7) is 5.02. The molecular formula is C26H23N3O4. The summed E-state index contributed by atoms with van der Waals surface area (Å²) < 4.78 is 17.0. The van der Waals surface area contributed by atoms with Crippen LogP contribution < -0.4 is 14.8 Å². The SMILES string of the molecule is Cc1cccc(-c2nnc(-c3ccc(C(=O)NC(C)c4ccc5c(c4)OCCO5)cc3)o2)c1. The standard InChI is InChI=1S/C26H23N3O4/c1-16-4-3-5-21(14-16)26-29-28-25(33-26)19-8-6-18(7-9-19)24(30)27-17(2)20-10-11-22-23(15-20)32-13-12-31-22/h3-11,14-15,17H,12-13H2,1-2H3,(H,27,30). The van der Waals surface area contributed by atoms with Gasteiger partial charge in [-0.25, -0.2) is 0 Å². The first kappa shape index (κ1) is 20.8. The van der Waals surface area contributed by atoms with Gasteiger partial charge in [-0.15, -0.1) is 10.2 Å². The molecule has 0 saturated heterocycles. The highest BCUT2D eigenvalue weighted by atomic mass is 16.6. The molecule has 1 atom stereocenters. The van der Waals surface area contributed by atoms with Crippen molar-refractivity contribution in [1.29, 1.82) is 0 Å². The molecule has 3 aromatic carbocycles. The van der Waals surface area contributed by atoms with E-state index in [4.69, 9.17) is 13.9 Å².